The van der Waals surface area contributed by atoms with Gasteiger partial charge in [0.2, 0.25) is 0 Å². The van der Waals surface area contributed by atoms with E-state index in [2.05, 4.69) is 10.5 Å². The van der Waals surface area contributed by atoms with Crippen LogP contribution in [-0.4, -0.2) is 23.2 Å². The standard InChI is InChI=1S/C19H13FN2O3S/c20-15-7-5-13(6-8-15)16-9-10-17(26-16)18(23)22-21-11-12-1-3-14(4-2-12)19(24)25/h1-11H,(H,22,23)(H,24,25)/b21-11-. The highest BCUT2D eigenvalue weighted by atomic mass is 32.1. The fraction of sp³-hybridized carbons (Fsp3) is 0. The number of carboxylic acids is 1. The number of halogens is 1. The molecule has 7 heteroatoms. The van der Waals surface area contributed by atoms with Gasteiger partial charge >= 0.3 is 5.97 Å². The molecule has 0 radical (unpaired) electrons. The zero-order valence-electron chi connectivity index (χ0n) is 13.3. The molecule has 0 bridgehead atoms. The van der Waals surface area contributed by atoms with Gasteiger partial charge in [0.15, 0.2) is 0 Å². The lowest BCUT2D eigenvalue weighted by atomic mass is 10.1. The number of hydrazone groups is 1. The lowest BCUT2D eigenvalue weighted by Crippen LogP contribution is -2.16. The topological polar surface area (TPSA) is 78.8 Å². The number of aromatic carboxylic acids is 1. The Labute approximate surface area is 152 Å². The first-order chi connectivity index (χ1) is 12.5. The van der Waals surface area contributed by atoms with Crippen molar-refractivity contribution in [2.75, 3.05) is 0 Å². The fourth-order valence-corrected chi connectivity index (χ4v) is 3.06. The van der Waals surface area contributed by atoms with E-state index < -0.39 is 5.97 Å². The van der Waals surface area contributed by atoms with Crippen LogP contribution in [0.1, 0.15) is 25.6 Å². The summed E-state index contributed by atoms with van der Waals surface area (Å²) in [6.07, 6.45) is 1.43. The minimum absolute atomic E-state index is 0.179. The number of rotatable bonds is 5. The van der Waals surface area contributed by atoms with Crippen LogP contribution in [0.3, 0.4) is 0 Å². The minimum atomic E-state index is -1.00. The molecule has 2 aromatic carbocycles. The Morgan fingerprint density at radius 2 is 1.69 bits per heavy atom. The maximum Gasteiger partial charge on any atom is 0.335 e. The molecule has 130 valence electrons. The third kappa shape index (κ3) is 4.20. The van der Waals surface area contributed by atoms with Crippen molar-refractivity contribution in [3.63, 3.8) is 0 Å². The quantitative estimate of drug-likeness (QED) is 0.527. The normalized spacial score (nSPS) is 10.8. The van der Waals surface area contributed by atoms with Crippen LogP contribution in [0.25, 0.3) is 10.4 Å². The second-order valence-corrected chi connectivity index (χ2v) is 6.38. The van der Waals surface area contributed by atoms with Gasteiger partial charge in [0.05, 0.1) is 16.7 Å². The maximum atomic E-state index is 13.0. The van der Waals surface area contributed by atoms with Crippen molar-refractivity contribution in [1.29, 1.82) is 0 Å². The maximum absolute atomic E-state index is 13.0. The monoisotopic (exact) mass is 368 g/mol. The number of carbonyl (C=O) groups is 2. The molecule has 1 heterocycles. The van der Waals surface area contributed by atoms with Crippen molar-refractivity contribution in [1.82, 2.24) is 5.43 Å². The predicted molar refractivity (Wildman–Crippen MR) is 98.2 cm³/mol. The molecule has 1 amide bonds. The molecule has 0 spiro atoms. The molecule has 0 saturated carbocycles. The first kappa shape index (κ1) is 17.5. The average molecular weight is 368 g/mol. The van der Waals surface area contributed by atoms with Gasteiger partial charge in [-0.3, -0.25) is 4.79 Å². The number of carbonyl (C=O) groups excluding carboxylic acids is 1. The van der Waals surface area contributed by atoms with Gasteiger partial charge in [-0.1, -0.05) is 24.3 Å². The Hall–Kier alpha value is -3.32. The van der Waals surface area contributed by atoms with Gasteiger partial charge in [-0.2, -0.15) is 5.10 Å². The summed E-state index contributed by atoms with van der Waals surface area (Å²) in [7, 11) is 0. The molecular formula is C19H13FN2O3S. The molecule has 2 N–H and O–H groups in total. The molecule has 0 aliphatic carbocycles. The third-order valence-electron chi connectivity index (χ3n) is 3.50. The molecule has 3 aromatic rings. The van der Waals surface area contributed by atoms with Gasteiger partial charge in [-0.25, -0.2) is 14.6 Å². The van der Waals surface area contributed by atoms with Crippen molar-refractivity contribution >= 4 is 29.4 Å². The van der Waals surface area contributed by atoms with Crippen LogP contribution in [0.2, 0.25) is 0 Å². The fourth-order valence-electron chi connectivity index (χ4n) is 2.16. The smallest absolute Gasteiger partial charge is 0.335 e. The molecule has 3 rings (SSSR count). The van der Waals surface area contributed by atoms with E-state index in [0.717, 1.165) is 10.4 Å². The largest absolute Gasteiger partial charge is 0.478 e. The number of nitrogens with zero attached hydrogens (tertiary/aromatic N) is 1. The van der Waals surface area contributed by atoms with Crippen LogP contribution in [0, 0.1) is 5.82 Å². The minimum Gasteiger partial charge on any atom is -0.478 e. The molecule has 0 atom stereocenters. The Morgan fingerprint density at radius 1 is 1.00 bits per heavy atom. The van der Waals surface area contributed by atoms with Crippen molar-refractivity contribution < 1.29 is 19.1 Å². The number of benzene rings is 2. The number of hydrogen-bond acceptors (Lipinski definition) is 4. The van der Waals surface area contributed by atoms with E-state index in [1.54, 1.807) is 36.4 Å². The van der Waals surface area contributed by atoms with Crippen LogP contribution in [0.15, 0.2) is 65.8 Å². The van der Waals surface area contributed by atoms with Crippen molar-refractivity contribution in [2.45, 2.75) is 0 Å². The highest BCUT2D eigenvalue weighted by molar-refractivity contribution is 7.17. The van der Waals surface area contributed by atoms with Crippen molar-refractivity contribution in [3.05, 3.63) is 82.5 Å². The molecule has 26 heavy (non-hydrogen) atoms. The molecule has 0 unspecified atom stereocenters. The summed E-state index contributed by atoms with van der Waals surface area (Å²) in [4.78, 5) is 24.2. The average Bonchev–Trinajstić information content (AvgIpc) is 3.13. The van der Waals surface area contributed by atoms with E-state index in [9.17, 15) is 14.0 Å². The van der Waals surface area contributed by atoms with Crippen LogP contribution < -0.4 is 5.43 Å². The molecule has 1 aromatic heterocycles. The van der Waals surface area contributed by atoms with Crippen LogP contribution in [0.4, 0.5) is 4.39 Å². The zero-order valence-corrected chi connectivity index (χ0v) is 14.2. The van der Waals surface area contributed by atoms with Gasteiger partial charge in [0.1, 0.15) is 5.82 Å². The number of carboxylic acid groups (broad SMARTS) is 1. The second kappa shape index (κ2) is 7.71. The van der Waals surface area contributed by atoms with Gasteiger partial charge < -0.3 is 5.11 Å². The Balaban J connectivity index is 1.63. The van der Waals surface area contributed by atoms with Gasteiger partial charge in [0, 0.05) is 4.88 Å². The van der Waals surface area contributed by atoms with Crippen LogP contribution in [0.5, 0.6) is 0 Å². The predicted octanol–water partition coefficient (Wildman–Crippen LogP) is 4.02. The summed E-state index contributed by atoms with van der Waals surface area (Å²) in [6.45, 7) is 0. The highest BCUT2D eigenvalue weighted by Gasteiger charge is 2.09. The Bertz CT molecular complexity index is 963. The van der Waals surface area contributed by atoms with E-state index >= 15 is 0 Å². The number of nitrogens with one attached hydrogen (secondary N) is 1. The van der Waals surface area contributed by atoms with E-state index in [0.29, 0.717) is 10.4 Å². The summed E-state index contributed by atoms with van der Waals surface area (Å²) in [6, 6.07) is 15.6. The van der Waals surface area contributed by atoms with Gasteiger partial charge in [-0.15, -0.1) is 11.3 Å². The number of hydrogen-bond donors (Lipinski definition) is 2. The Kier molecular flexibility index (Phi) is 5.19. The van der Waals surface area contributed by atoms with Crippen molar-refractivity contribution in [3.8, 4) is 10.4 Å². The van der Waals surface area contributed by atoms with Gasteiger partial charge in [-0.05, 0) is 47.5 Å². The lowest BCUT2D eigenvalue weighted by molar-refractivity contribution is 0.0696. The van der Waals surface area contributed by atoms with Crippen LogP contribution >= 0.6 is 11.3 Å². The second-order valence-electron chi connectivity index (χ2n) is 5.30. The highest BCUT2D eigenvalue weighted by Crippen LogP contribution is 2.28. The van der Waals surface area contributed by atoms with E-state index in [-0.39, 0.29) is 17.3 Å². The molecule has 0 aliphatic rings. The van der Waals surface area contributed by atoms with E-state index in [1.807, 2.05) is 0 Å². The first-order valence-corrected chi connectivity index (χ1v) is 8.37. The summed E-state index contributed by atoms with van der Waals surface area (Å²) < 4.78 is 13.0. The Morgan fingerprint density at radius 3 is 2.35 bits per heavy atom. The molecule has 0 fully saturated rings. The SMILES string of the molecule is O=C(O)c1ccc(/C=N\NC(=O)c2ccc(-c3ccc(F)cc3)s2)cc1. The number of amides is 1. The summed E-state index contributed by atoms with van der Waals surface area (Å²) in [5.74, 6) is -1.67. The van der Waals surface area contributed by atoms with Gasteiger partial charge in [0.25, 0.3) is 5.91 Å². The lowest BCUT2D eigenvalue weighted by Gasteiger charge is -1.98. The molecule has 5 nitrogen and oxygen atoms in total. The molecular weight excluding hydrogens is 355 g/mol. The summed E-state index contributed by atoms with van der Waals surface area (Å²) in [5.41, 5.74) is 4.09. The number of thiophene rings is 1. The third-order valence-corrected chi connectivity index (χ3v) is 4.63. The van der Waals surface area contributed by atoms with E-state index in [4.69, 9.17) is 5.11 Å². The molecule has 0 saturated heterocycles. The summed E-state index contributed by atoms with van der Waals surface area (Å²) in [5, 5.41) is 12.7. The first-order valence-electron chi connectivity index (χ1n) is 7.55. The van der Waals surface area contributed by atoms with Crippen molar-refractivity contribution in [2.24, 2.45) is 5.10 Å². The van der Waals surface area contributed by atoms with E-state index in [1.165, 1.54) is 41.8 Å². The summed E-state index contributed by atoms with van der Waals surface area (Å²) >= 11 is 1.28. The van der Waals surface area contributed by atoms with Crippen LogP contribution in [-0.2, 0) is 0 Å². The molecule has 0 aliphatic heterocycles. The zero-order chi connectivity index (χ0) is 18.5.